The zero-order valence-electron chi connectivity index (χ0n) is 29.9. The van der Waals surface area contributed by atoms with E-state index in [0.29, 0.717) is 41.0 Å². The van der Waals surface area contributed by atoms with Crippen molar-refractivity contribution in [2.45, 2.75) is 57.3 Å². The Balaban J connectivity index is 1.17. The van der Waals surface area contributed by atoms with Crippen LogP contribution < -0.4 is 20.1 Å². The van der Waals surface area contributed by atoms with Crippen molar-refractivity contribution >= 4 is 41.1 Å². The molecule has 0 bridgehead atoms. The number of hydrogen-bond acceptors (Lipinski definition) is 7. The van der Waals surface area contributed by atoms with Gasteiger partial charge >= 0.3 is 6.09 Å². The molecular formula is C40H40Cl2FN5O6. The Kier molecular flexibility index (Phi) is 11.0. The van der Waals surface area contributed by atoms with E-state index in [9.17, 15) is 19.5 Å². The normalized spacial score (nSPS) is 18.2. The molecule has 2 unspecified atom stereocenters. The lowest BCUT2D eigenvalue weighted by Crippen LogP contribution is -2.41. The maximum atomic E-state index is 15.9. The molecule has 11 nitrogen and oxygen atoms in total. The number of aromatic nitrogens is 1. The predicted molar refractivity (Wildman–Crippen MR) is 203 cm³/mol. The number of nitrogens with one attached hydrogen (secondary N) is 2. The van der Waals surface area contributed by atoms with Crippen LogP contribution in [0.25, 0.3) is 33.5 Å². The van der Waals surface area contributed by atoms with E-state index >= 15 is 4.39 Å². The maximum Gasteiger partial charge on any atom is 0.407 e. The van der Waals surface area contributed by atoms with Gasteiger partial charge in [-0.3, -0.25) is 14.5 Å². The third-order valence-electron chi connectivity index (χ3n) is 10.4. The summed E-state index contributed by atoms with van der Waals surface area (Å²) in [4.78, 5) is 43.4. The summed E-state index contributed by atoms with van der Waals surface area (Å²) in [5.41, 5.74) is 5.64. The van der Waals surface area contributed by atoms with Crippen molar-refractivity contribution < 1.29 is 33.4 Å². The highest BCUT2D eigenvalue weighted by Gasteiger charge is 2.29. The second-order valence-electron chi connectivity index (χ2n) is 13.9. The molecule has 4 aromatic rings. The molecule has 3 amide bonds. The topological polar surface area (TPSA) is 133 Å². The zero-order valence-corrected chi connectivity index (χ0v) is 31.4. The summed E-state index contributed by atoms with van der Waals surface area (Å²) in [6, 6.07) is 16.1. The van der Waals surface area contributed by atoms with Crippen LogP contribution in [0.1, 0.15) is 42.4 Å². The Morgan fingerprint density at radius 3 is 2.20 bits per heavy atom. The summed E-state index contributed by atoms with van der Waals surface area (Å²) in [7, 11) is 3.04. The van der Waals surface area contributed by atoms with E-state index in [0.717, 1.165) is 59.8 Å². The van der Waals surface area contributed by atoms with Gasteiger partial charge in [-0.2, -0.15) is 0 Å². The first-order chi connectivity index (χ1) is 26.0. The van der Waals surface area contributed by atoms with Gasteiger partial charge in [-0.25, -0.2) is 14.2 Å². The summed E-state index contributed by atoms with van der Waals surface area (Å²) in [6.45, 7) is 2.22. The van der Waals surface area contributed by atoms with Crippen LogP contribution in [0.4, 0.5) is 9.18 Å². The molecule has 1 aromatic heterocycles. The minimum absolute atomic E-state index is 0.0422. The highest BCUT2D eigenvalue weighted by Crippen LogP contribution is 2.44. The number of fused-ring (bicyclic) bond motifs is 1. The van der Waals surface area contributed by atoms with E-state index in [2.05, 4.69) is 26.6 Å². The van der Waals surface area contributed by atoms with Gasteiger partial charge in [0.25, 0.3) is 0 Å². The SMILES string of the molecule is COc1cc(-c2cccc(-c3cccc(-c4nc(OC)c(CN(CC5CCC(=O)N5)C(=O)O)cc4F)c3Cl)c2Cl)cc2c1CN(CC1CCC(=O)N1)CC2. The molecule has 7 rings (SSSR count). The van der Waals surface area contributed by atoms with Gasteiger partial charge in [0.2, 0.25) is 17.7 Å². The Morgan fingerprint density at radius 1 is 0.926 bits per heavy atom. The minimum Gasteiger partial charge on any atom is -0.496 e. The van der Waals surface area contributed by atoms with Crippen LogP contribution in [0, 0.1) is 5.82 Å². The molecule has 3 aromatic carbocycles. The average molecular weight is 777 g/mol. The number of nitrogens with zero attached hydrogens (tertiary/aromatic N) is 3. The number of ether oxygens (including phenoxy) is 2. The van der Waals surface area contributed by atoms with Crippen LogP contribution in [0.15, 0.2) is 54.6 Å². The summed E-state index contributed by atoms with van der Waals surface area (Å²) in [6.07, 6.45) is 1.87. The highest BCUT2D eigenvalue weighted by atomic mass is 35.5. The lowest BCUT2D eigenvalue weighted by atomic mass is 9.91. The molecule has 2 saturated heterocycles. The molecule has 282 valence electrons. The van der Waals surface area contributed by atoms with E-state index in [-0.39, 0.29) is 59.1 Å². The van der Waals surface area contributed by atoms with Gasteiger partial charge in [-0.15, -0.1) is 0 Å². The van der Waals surface area contributed by atoms with Gasteiger partial charge < -0.3 is 30.1 Å². The van der Waals surface area contributed by atoms with E-state index in [4.69, 9.17) is 32.7 Å². The van der Waals surface area contributed by atoms with Crippen LogP contribution in [-0.2, 0) is 29.1 Å². The van der Waals surface area contributed by atoms with Crippen molar-refractivity contribution in [3.8, 4) is 45.1 Å². The van der Waals surface area contributed by atoms with Gasteiger partial charge in [-0.1, -0.05) is 65.7 Å². The lowest BCUT2D eigenvalue weighted by Gasteiger charge is -2.32. The molecule has 0 aliphatic carbocycles. The molecule has 14 heteroatoms. The quantitative estimate of drug-likeness (QED) is 0.149. The Hall–Kier alpha value is -4.91. The molecule has 3 N–H and O–H groups in total. The van der Waals surface area contributed by atoms with Crippen LogP contribution >= 0.6 is 23.2 Å². The fraction of sp³-hybridized carbons (Fsp3) is 0.350. The number of amides is 3. The number of benzene rings is 3. The molecule has 54 heavy (non-hydrogen) atoms. The van der Waals surface area contributed by atoms with Crippen molar-refractivity contribution in [3.05, 3.63) is 87.2 Å². The third-order valence-corrected chi connectivity index (χ3v) is 11.2. The average Bonchev–Trinajstić information content (AvgIpc) is 3.77. The van der Waals surface area contributed by atoms with Crippen molar-refractivity contribution in [2.24, 2.45) is 0 Å². The number of methoxy groups -OCH3 is 2. The van der Waals surface area contributed by atoms with Gasteiger partial charge in [-0.05, 0) is 42.5 Å². The summed E-state index contributed by atoms with van der Waals surface area (Å²) < 4.78 is 27.3. The first kappa shape index (κ1) is 37.4. The number of rotatable bonds is 11. The largest absolute Gasteiger partial charge is 0.496 e. The van der Waals surface area contributed by atoms with Crippen LogP contribution in [-0.4, -0.2) is 83.7 Å². The molecule has 0 saturated carbocycles. The monoisotopic (exact) mass is 775 g/mol. The summed E-state index contributed by atoms with van der Waals surface area (Å²) in [5.74, 6) is 0.0775. The van der Waals surface area contributed by atoms with Gasteiger partial charge in [0.1, 0.15) is 17.3 Å². The van der Waals surface area contributed by atoms with Gasteiger partial charge in [0, 0.05) is 84.5 Å². The minimum atomic E-state index is -1.22. The standard InChI is InChI=1S/C40H40Cl2FN5O6/c1-53-33-17-23(15-22-13-14-47(21-31(22)33)19-25-9-11-34(49)44-25)27-5-3-6-28(36(27)41)29-7-4-8-30(37(29)42)38-32(43)16-24(39(46-38)54-2)18-48(40(51)52)20-26-10-12-35(50)45-26/h3-8,15-17,25-26H,9-14,18-21H2,1-2H3,(H,44,49)(H,45,50)(H,51,52). The van der Waals surface area contributed by atoms with Crippen molar-refractivity contribution in [3.63, 3.8) is 0 Å². The molecule has 0 radical (unpaired) electrons. The second-order valence-corrected chi connectivity index (χ2v) is 14.6. The van der Waals surface area contributed by atoms with Crippen LogP contribution in [0.2, 0.25) is 10.0 Å². The number of pyridine rings is 1. The molecule has 2 atom stereocenters. The van der Waals surface area contributed by atoms with Crippen molar-refractivity contribution in [2.75, 3.05) is 33.9 Å². The first-order valence-corrected chi connectivity index (χ1v) is 18.6. The van der Waals surface area contributed by atoms with Gasteiger partial charge in [0.05, 0.1) is 30.8 Å². The molecule has 2 fully saturated rings. The lowest BCUT2D eigenvalue weighted by molar-refractivity contribution is -0.120. The molecule has 4 heterocycles. The summed E-state index contributed by atoms with van der Waals surface area (Å²) >= 11 is 14.2. The molecular weight excluding hydrogens is 736 g/mol. The first-order valence-electron chi connectivity index (χ1n) is 17.8. The van der Waals surface area contributed by atoms with Crippen LogP contribution in [0.3, 0.4) is 0 Å². The summed E-state index contributed by atoms with van der Waals surface area (Å²) in [5, 5.41) is 16.4. The molecule has 3 aliphatic rings. The zero-order chi connectivity index (χ0) is 38.1. The van der Waals surface area contributed by atoms with E-state index in [1.165, 1.54) is 18.7 Å². The number of carbonyl (C=O) groups excluding carboxylic acids is 2. The fourth-order valence-electron chi connectivity index (χ4n) is 7.68. The highest BCUT2D eigenvalue weighted by molar-refractivity contribution is 6.39. The fourth-order valence-corrected chi connectivity index (χ4v) is 8.33. The van der Waals surface area contributed by atoms with Crippen molar-refractivity contribution in [1.29, 1.82) is 0 Å². The number of halogens is 3. The predicted octanol–water partition coefficient (Wildman–Crippen LogP) is 6.94. The molecule has 3 aliphatic heterocycles. The van der Waals surface area contributed by atoms with E-state index in [1.54, 1.807) is 19.2 Å². The third kappa shape index (κ3) is 7.69. The molecule has 0 spiro atoms. The van der Waals surface area contributed by atoms with E-state index < -0.39 is 11.9 Å². The number of carboxylic acid groups (broad SMARTS) is 1. The van der Waals surface area contributed by atoms with Gasteiger partial charge in [0.15, 0.2) is 0 Å². The Labute approximate surface area is 322 Å². The Bertz CT molecular complexity index is 2120. The maximum absolute atomic E-state index is 15.9. The second kappa shape index (κ2) is 15.8. The smallest absolute Gasteiger partial charge is 0.407 e. The number of hydrogen-bond donors (Lipinski definition) is 3. The Morgan fingerprint density at radius 2 is 1.57 bits per heavy atom. The van der Waals surface area contributed by atoms with Crippen molar-refractivity contribution in [1.82, 2.24) is 25.4 Å². The van der Waals surface area contributed by atoms with Crippen LogP contribution in [0.5, 0.6) is 11.6 Å². The van der Waals surface area contributed by atoms with E-state index in [1.807, 2.05) is 30.3 Å². The number of carbonyl (C=O) groups is 3.